The zero-order chi connectivity index (χ0) is 36.0. The van der Waals surface area contributed by atoms with Crippen LogP contribution in [-0.4, -0.2) is 55.4 Å². The van der Waals surface area contributed by atoms with E-state index in [4.69, 9.17) is 4.74 Å². The van der Waals surface area contributed by atoms with Crippen molar-refractivity contribution in [2.75, 3.05) is 48.0 Å². The number of halogens is 2. The largest absolute Gasteiger partial charge is 0.381 e. The van der Waals surface area contributed by atoms with Crippen LogP contribution in [0, 0.1) is 24.0 Å². The molecule has 3 aliphatic rings. The van der Waals surface area contributed by atoms with E-state index >= 15 is 0 Å². The van der Waals surface area contributed by atoms with E-state index in [-0.39, 0.29) is 34.9 Å². The predicted molar refractivity (Wildman–Crippen MR) is 198 cm³/mol. The maximum atomic E-state index is 14.5. The lowest BCUT2D eigenvalue weighted by atomic mass is 9.73. The molecule has 5 aromatic rings. The van der Waals surface area contributed by atoms with Crippen molar-refractivity contribution in [1.29, 1.82) is 0 Å². The van der Waals surface area contributed by atoms with Crippen LogP contribution in [0.25, 0.3) is 10.4 Å². The molecule has 0 aliphatic carbocycles. The summed E-state index contributed by atoms with van der Waals surface area (Å²) in [5, 5.41) is 2.85. The van der Waals surface area contributed by atoms with Gasteiger partial charge in [0.2, 0.25) is 0 Å². The van der Waals surface area contributed by atoms with Gasteiger partial charge in [0.1, 0.15) is 17.5 Å². The highest BCUT2D eigenvalue weighted by Gasteiger charge is 2.45. The standard InChI is InChI=1S/C41H36F2N4O4S/c1-25-5-4-7-33(43)31(25)21-35(48)36-19-27-13-16-47(34-8-3-2-6-30(34)37(27)52-36)40(50)26-9-11-29(12-10-26)45-39(49)32-20-28(42)22-44-38(32)46-23-41(24-46)14-17-51-18-15-41/h2-12,19-20,22H,13-18,21,23-24H2,1H3,(H,45,49). The number of ketones is 1. The Bertz CT molecular complexity index is 2180. The minimum Gasteiger partial charge on any atom is -0.381 e. The van der Waals surface area contributed by atoms with E-state index in [0.29, 0.717) is 40.5 Å². The fourth-order valence-corrected chi connectivity index (χ4v) is 8.70. The maximum Gasteiger partial charge on any atom is 0.259 e. The smallest absolute Gasteiger partial charge is 0.259 e. The van der Waals surface area contributed by atoms with Crippen molar-refractivity contribution in [3.63, 3.8) is 0 Å². The molecule has 264 valence electrons. The third-order valence-electron chi connectivity index (χ3n) is 10.4. The number of ether oxygens (including phenoxy) is 1. The summed E-state index contributed by atoms with van der Waals surface area (Å²) >= 11 is 1.37. The third kappa shape index (κ3) is 6.39. The number of Topliss-reactive ketones (excluding diaryl/α,β-unsaturated/α-hetero) is 1. The third-order valence-corrected chi connectivity index (χ3v) is 11.7. The summed E-state index contributed by atoms with van der Waals surface area (Å²) < 4.78 is 34.3. The molecule has 0 bridgehead atoms. The van der Waals surface area contributed by atoms with Crippen LogP contribution in [0.3, 0.4) is 0 Å². The van der Waals surface area contributed by atoms with Gasteiger partial charge in [-0.1, -0.05) is 30.3 Å². The van der Waals surface area contributed by atoms with E-state index in [2.05, 4.69) is 10.3 Å². The van der Waals surface area contributed by atoms with Gasteiger partial charge in [0.05, 0.1) is 22.3 Å². The zero-order valence-corrected chi connectivity index (χ0v) is 29.4. The SMILES string of the molecule is Cc1cccc(F)c1CC(=O)c1cc2c(s1)-c1ccccc1N(C(=O)c1ccc(NC(=O)c3cc(F)cnc3N3CC4(CCOCC4)C3)cc1)CC2. The summed E-state index contributed by atoms with van der Waals surface area (Å²) in [6.07, 6.45) is 3.55. The van der Waals surface area contributed by atoms with Crippen LogP contribution in [0.1, 0.15) is 59.9 Å². The number of pyridine rings is 1. The first-order chi connectivity index (χ1) is 25.2. The van der Waals surface area contributed by atoms with Crippen LogP contribution < -0.4 is 15.1 Å². The summed E-state index contributed by atoms with van der Waals surface area (Å²) in [6, 6.07) is 22.2. The molecule has 0 atom stereocenters. The molecule has 0 radical (unpaired) electrons. The molecule has 5 heterocycles. The van der Waals surface area contributed by atoms with E-state index in [1.165, 1.54) is 23.5 Å². The molecule has 2 amide bonds. The van der Waals surface area contributed by atoms with Crippen LogP contribution in [0.15, 0.2) is 85.1 Å². The van der Waals surface area contributed by atoms with Gasteiger partial charge in [0.15, 0.2) is 5.78 Å². The molecular formula is C41H36F2N4O4S. The number of nitrogens with zero attached hydrogens (tertiary/aromatic N) is 3. The van der Waals surface area contributed by atoms with E-state index < -0.39 is 11.7 Å². The van der Waals surface area contributed by atoms with Crippen molar-refractivity contribution in [3.05, 3.63) is 129 Å². The average molecular weight is 719 g/mol. The number of aromatic nitrogens is 1. The number of amides is 2. The number of rotatable bonds is 7. The molecule has 0 unspecified atom stereocenters. The highest BCUT2D eigenvalue weighted by molar-refractivity contribution is 7.17. The van der Waals surface area contributed by atoms with E-state index in [1.54, 1.807) is 48.2 Å². The normalized spacial score (nSPS) is 16.1. The number of para-hydroxylation sites is 1. The Labute approximate surface area is 304 Å². The number of nitrogens with one attached hydrogen (secondary N) is 1. The highest BCUT2D eigenvalue weighted by Crippen LogP contribution is 2.44. The molecule has 2 saturated heterocycles. The predicted octanol–water partition coefficient (Wildman–Crippen LogP) is 7.89. The molecule has 1 N–H and O–H groups in total. The molecule has 3 aliphatic heterocycles. The minimum absolute atomic E-state index is 0.0177. The molecular weight excluding hydrogens is 683 g/mol. The summed E-state index contributed by atoms with van der Waals surface area (Å²) in [5.74, 6) is -1.36. The van der Waals surface area contributed by atoms with Gasteiger partial charge >= 0.3 is 0 Å². The second kappa shape index (κ2) is 13.7. The highest BCUT2D eigenvalue weighted by atomic mass is 32.1. The second-order valence-electron chi connectivity index (χ2n) is 13.8. The van der Waals surface area contributed by atoms with Crippen LogP contribution in [0.2, 0.25) is 0 Å². The van der Waals surface area contributed by atoms with Crippen LogP contribution in [0.4, 0.5) is 26.0 Å². The lowest BCUT2D eigenvalue weighted by molar-refractivity contribution is -0.000516. The fraction of sp³-hybridized carbons (Fsp3) is 0.268. The van der Waals surface area contributed by atoms with Gasteiger partial charge in [-0.05, 0) is 91.4 Å². The van der Waals surface area contributed by atoms with Crippen LogP contribution >= 0.6 is 11.3 Å². The van der Waals surface area contributed by atoms with E-state index in [9.17, 15) is 23.2 Å². The Morgan fingerprint density at radius 1 is 0.962 bits per heavy atom. The molecule has 0 saturated carbocycles. The Morgan fingerprint density at radius 3 is 2.50 bits per heavy atom. The van der Waals surface area contributed by atoms with Gasteiger partial charge in [0, 0.05) is 66.4 Å². The van der Waals surface area contributed by atoms with Crippen molar-refractivity contribution >= 4 is 46.1 Å². The first-order valence-corrected chi connectivity index (χ1v) is 18.2. The minimum atomic E-state index is -0.594. The molecule has 1 spiro atoms. The maximum absolute atomic E-state index is 14.5. The second-order valence-corrected chi connectivity index (χ2v) is 14.9. The molecule has 11 heteroatoms. The van der Waals surface area contributed by atoms with Crippen molar-refractivity contribution < 1.29 is 27.9 Å². The van der Waals surface area contributed by atoms with Gasteiger partial charge in [-0.25, -0.2) is 13.8 Å². The molecule has 3 aromatic carbocycles. The number of hydrogen-bond acceptors (Lipinski definition) is 7. The Hall–Kier alpha value is -5.26. The van der Waals surface area contributed by atoms with Crippen molar-refractivity contribution in [3.8, 4) is 10.4 Å². The molecule has 2 fully saturated rings. The summed E-state index contributed by atoms with van der Waals surface area (Å²) in [6.45, 7) is 5.12. The van der Waals surface area contributed by atoms with Crippen molar-refractivity contribution in [2.45, 2.75) is 32.6 Å². The Kier molecular flexibility index (Phi) is 8.92. The van der Waals surface area contributed by atoms with Crippen LogP contribution in [-0.2, 0) is 17.6 Å². The molecule has 2 aromatic heterocycles. The van der Waals surface area contributed by atoms with Crippen molar-refractivity contribution in [2.24, 2.45) is 5.41 Å². The number of aryl methyl sites for hydroxylation is 1. The first-order valence-electron chi connectivity index (χ1n) is 17.4. The molecule has 8 nitrogen and oxygen atoms in total. The van der Waals surface area contributed by atoms with Crippen molar-refractivity contribution in [1.82, 2.24) is 4.98 Å². The molecule has 8 rings (SSSR count). The lowest BCUT2D eigenvalue weighted by Gasteiger charge is -2.53. The van der Waals surface area contributed by atoms with Gasteiger partial charge < -0.3 is 19.9 Å². The zero-order valence-electron chi connectivity index (χ0n) is 28.6. The quantitative estimate of drug-likeness (QED) is 0.172. The number of carbonyl (C=O) groups excluding carboxylic acids is 3. The number of fused-ring (bicyclic) bond motifs is 3. The average Bonchev–Trinajstić information content (AvgIpc) is 3.51. The van der Waals surface area contributed by atoms with Gasteiger partial charge in [-0.3, -0.25) is 14.4 Å². The number of carbonyl (C=O) groups is 3. The monoisotopic (exact) mass is 718 g/mol. The number of anilines is 3. The van der Waals surface area contributed by atoms with Gasteiger partial charge in [0.25, 0.3) is 11.8 Å². The number of thiophene rings is 1. The first kappa shape index (κ1) is 33.9. The fourth-order valence-electron chi connectivity index (χ4n) is 7.52. The van der Waals surface area contributed by atoms with Gasteiger partial charge in [-0.2, -0.15) is 0 Å². The topological polar surface area (TPSA) is 91.8 Å². The number of benzene rings is 3. The van der Waals surface area contributed by atoms with E-state index in [1.807, 2.05) is 35.2 Å². The molecule has 52 heavy (non-hydrogen) atoms. The van der Waals surface area contributed by atoms with E-state index in [0.717, 1.165) is 72.6 Å². The summed E-state index contributed by atoms with van der Waals surface area (Å²) in [4.78, 5) is 50.3. The summed E-state index contributed by atoms with van der Waals surface area (Å²) in [5.41, 5.74) is 4.89. The Morgan fingerprint density at radius 2 is 1.73 bits per heavy atom. The van der Waals surface area contributed by atoms with Gasteiger partial charge in [-0.15, -0.1) is 11.3 Å². The lowest BCUT2D eigenvalue weighted by Crippen LogP contribution is -2.59. The number of hydrogen-bond donors (Lipinski definition) is 1. The Balaban J connectivity index is 0.976. The van der Waals surface area contributed by atoms with Crippen LogP contribution in [0.5, 0.6) is 0 Å². The summed E-state index contributed by atoms with van der Waals surface area (Å²) in [7, 11) is 0.